The second-order valence-corrected chi connectivity index (χ2v) is 9.17. The third kappa shape index (κ3) is 4.82. The van der Waals surface area contributed by atoms with E-state index in [1.54, 1.807) is 0 Å². The van der Waals surface area contributed by atoms with E-state index in [4.69, 9.17) is 4.74 Å². The summed E-state index contributed by atoms with van der Waals surface area (Å²) in [6.07, 6.45) is 1.28. The van der Waals surface area contributed by atoms with Gasteiger partial charge in [0.05, 0.1) is 12.7 Å². The number of aliphatic hydroxyl groups is 1. The lowest BCUT2D eigenvalue weighted by atomic mass is 9.73. The maximum atomic E-state index is 10.3. The summed E-state index contributed by atoms with van der Waals surface area (Å²) in [7, 11) is 0. The number of fused-ring (bicyclic) bond motifs is 1. The van der Waals surface area contributed by atoms with Gasteiger partial charge < -0.3 is 9.84 Å². The van der Waals surface area contributed by atoms with Crippen molar-refractivity contribution < 1.29 is 9.84 Å². The van der Waals surface area contributed by atoms with Gasteiger partial charge in [0.2, 0.25) is 0 Å². The third-order valence-corrected chi connectivity index (χ3v) is 6.55. The van der Waals surface area contributed by atoms with E-state index in [1.807, 2.05) is 0 Å². The first kappa shape index (κ1) is 20.4. The molecule has 0 aromatic heterocycles. The fraction of sp³-hybridized carbons (Fsp3) is 0.520. The molecule has 0 aliphatic carbocycles. The molecule has 2 aromatic rings. The molecule has 29 heavy (non-hydrogen) atoms. The molecule has 4 heteroatoms. The number of rotatable bonds is 7. The van der Waals surface area contributed by atoms with E-state index in [0.717, 1.165) is 51.4 Å². The first-order chi connectivity index (χ1) is 14.1. The summed E-state index contributed by atoms with van der Waals surface area (Å²) < 4.78 is 5.76. The van der Waals surface area contributed by atoms with Crippen molar-refractivity contribution >= 4 is 0 Å². The summed E-state index contributed by atoms with van der Waals surface area (Å²) in [4.78, 5) is 5.10. The Bertz CT molecular complexity index is 777. The number of hydrogen-bond donors (Lipinski definition) is 1. The van der Waals surface area contributed by atoms with Crippen LogP contribution in [0.5, 0.6) is 5.75 Å². The molecular formula is C25H34N2O2. The van der Waals surface area contributed by atoms with Crippen LogP contribution in [-0.4, -0.2) is 53.8 Å². The predicted molar refractivity (Wildman–Crippen MR) is 117 cm³/mol. The Morgan fingerprint density at radius 3 is 2.31 bits per heavy atom. The fourth-order valence-electron chi connectivity index (χ4n) is 5.03. The molecule has 2 heterocycles. The highest BCUT2D eigenvalue weighted by Gasteiger charge is 2.48. The van der Waals surface area contributed by atoms with Gasteiger partial charge in [0, 0.05) is 38.1 Å². The average molecular weight is 395 g/mol. The van der Waals surface area contributed by atoms with Crippen LogP contribution in [0.3, 0.4) is 0 Å². The largest absolute Gasteiger partial charge is 0.491 e. The van der Waals surface area contributed by atoms with Crippen LogP contribution in [0.15, 0.2) is 54.6 Å². The lowest BCUT2D eigenvalue weighted by Crippen LogP contribution is -2.48. The Morgan fingerprint density at radius 2 is 1.62 bits per heavy atom. The molecule has 0 spiro atoms. The number of hydrogen-bond acceptors (Lipinski definition) is 4. The molecule has 2 fully saturated rings. The molecule has 0 bridgehead atoms. The third-order valence-electron chi connectivity index (χ3n) is 6.55. The Labute approximate surface area is 175 Å². The smallest absolute Gasteiger partial charge is 0.119 e. The first-order valence-electron chi connectivity index (χ1n) is 10.9. The van der Waals surface area contributed by atoms with Gasteiger partial charge in [0.15, 0.2) is 0 Å². The summed E-state index contributed by atoms with van der Waals surface area (Å²) in [6.45, 7) is 10.6. The lowest BCUT2D eigenvalue weighted by Gasteiger charge is -2.42. The van der Waals surface area contributed by atoms with Crippen molar-refractivity contribution in [1.82, 2.24) is 9.80 Å². The van der Waals surface area contributed by atoms with Crippen LogP contribution in [0, 0.1) is 11.3 Å². The number of likely N-dealkylation sites (tertiary alicyclic amines) is 2. The number of nitrogens with zero attached hydrogens (tertiary/aromatic N) is 2. The highest BCUT2D eigenvalue weighted by atomic mass is 16.5. The lowest BCUT2D eigenvalue weighted by molar-refractivity contribution is 0.0160. The van der Waals surface area contributed by atoms with Crippen molar-refractivity contribution in [3.8, 4) is 5.75 Å². The van der Waals surface area contributed by atoms with Crippen LogP contribution >= 0.6 is 0 Å². The maximum Gasteiger partial charge on any atom is 0.119 e. The van der Waals surface area contributed by atoms with E-state index < -0.39 is 0 Å². The Morgan fingerprint density at radius 1 is 0.966 bits per heavy atom. The molecule has 4 rings (SSSR count). The zero-order valence-electron chi connectivity index (χ0n) is 17.8. The number of ether oxygens (including phenoxy) is 1. The van der Waals surface area contributed by atoms with Gasteiger partial charge in [-0.2, -0.15) is 0 Å². The molecule has 2 aromatic carbocycles. The van der Waals surface area contributed by atoms with Gasteiger partial charge >= 0.3 is 0 Å². The average Bonchev–Trinajstić information content (AvgIpc) is 3.07. The second kappa shape index (κ2) is 8.86. The highest BCUT2D eigenvalue weighted by Crippen LogP contribution is 2.43. The van der Waals surface area contributed by atoms with Crippen LogP contribution in [0.25, 0.3) is 0 Å². The molecule has 0 amide bonds. The summed E-state index contributed by atoms with van der Waals surface area (Å²) in [5.41, 5.74) is 2.76. The number of aliphatic hydroxyl groups excluding tert-OH is 1. The van der Waals surface area contributed by atoms with Crippen molar-refractivity contribution in [3.05, 3.63) is 65.7 Å². The van der Waals surface area contributed by atoms with Gasteiger partial charge in [-0.15, -0.1) is 0 Å². The van der Waals surface area contributed by atoms with Crippen molar-refractivity contribution in [2.24, 2.45) is 11.3 Å². The Hall–Kier alpha value is -1.88. The Kier molecular flexibility index (Phi) is 6.23. The van der Waals surface area contributed by atoms with Crippen molar-refractivity contribution in [3.63, 3.8) is 0 Å². The van der Waals surface area contributed by atoms with Gasteiger partial charge in [-0.3, -0.25) is 9.80 Å². The van der Waals surface area contributed by atoms with Crippen LogP contribution in [-0.2, 0) is 13.1 Å². The summed E-state index contributed by atoms with van der Waals surface area (Å²) >= 11 is 0. The predicted octanol–water partition coefficient (Wildman–Crippen LogP) is 3.79. The standard InChI is InChI=1S/C25H34N2O2/c1-20(2)29-24-10-8-22(9-11-24)14-26-13-12-25(19-28)18-27(17-23(25)16-26)15-21-6-4-3-5-7-21/h3-11,20,23,28H,12-19H2,1-2H3/t23-,25+/m0/s1. The monoisotopic (exact) mass is 394 g/mol. The van der Waals surface area contributed by atoms with Gasteiger partial charge in [0.1, 0.15) is 5.75 Å². The molecule has 0 unspecified atom stereocenters. The minimum Gasteiger partial charge on any atom is -0.491 e. The molecule has 2 aliphatic heterocycles. The van der Waals surface area contributed by atoms with E-state index in [0.29, 0.717) is 12.5 Å². The minimum absolute atomic E-state index is 0.0697. The molecule has 4 nitrogen and oxygen atoms in total. The summed E-state index contributed by atoms with van der Waals surface area (Å²) in [6, 6.07) is 19.2. The number of benzene rings is 2. The normalized spacial score (nSPS) is 25.3. The van der Waals surface area contributed by atoms with Gasteiger partial charge in [0.25, 0.3) is 0 Å². The van der Waals surface area contributed by atoms with Crippen LogP contribution in [0.4, 0.5) is 0 Å². The molecule has 2 aliphatic rings. The molecule has 0 radical (unpaired) electrons. The molecule has 1 N–H and O–H groups in total. The SMILES string of the molecule is CC(C)Oc1ccc(CN2CC[C@]3(CO)CN(Cc4ccccc4)C[C@@H]3C2)cc1. The maximum absolute atomic E-state index is 10.3. The number of piperidine rings is 1. The van der Waals surface area contributed by atoms with Crippen molar-refractivity contribution in [2.75, 3.05) is 32.8 Å². The fourth-order valence-corrected chi connectivity index (χ4v) is 5.03. The topological polar surface area (TPSA) is 35.9 Å². The van der Waals surface area contributed by atoms with E-state index in [-0.39, 0.29) is 11.5 Å². The van der Waals surface area contributed by atoms with Crippen molar-refractivity contribution in [1.29, 1.82) is 0 Å². The minimum atomic E-state index is 0.0697. The first-order valence-corrected chi connectivity index (χ1v) is 10.9. The molecule has 2 saturated heterocycles. The molecule has 2 atom stereocenters. The molecule has 156 valence electrons. The van der Waals surface area contributed by atoms with Gasteiger partial charge in [-0.25, -0.2) is 0 Å². The quantitative estimate of drug-likeness (QED) is 0.775. The van der Waals surface area contributed by atoms with E-state index >= 15 is 0 Å². The second-order valence-electron chi connectivity index (χ2n) is 9.17. The highest BCUT2D eigenvalue weighted by molar-refractivity contribution is 5.27. The zero-order valence-corrected chi connectivity index (χ0v) is 17.8. The van der Waals surface area contributed by atoms with Crippen LogP contribution in [0.2, 0.25) is 0 Å². The molecular weight excluding hydrogens is 360 g/mol. The van der Waals surface area contributed by atoms with Gasteiger partial charge in [-0.05, 0) is 56.0 Å². The molecule has 0 saturated carbocycles. The van der Waals surface area contributed by atoms with Crippen LogP contribution in [0.1, 0.15) is 31.4 Å². The summed E-state index contributed by atoms with van der Waals surface area (Å²) in [5.74, 6) is 1.47. The van der Waals surface area contributed by atoms with Crippen LogP contribution < -0.4 is 4.74 Å². The van der Waals surface area contributed by atoms with E-state index in [1.165, 1.54) is 11.1 Å². The summed E-state index contributed by atoms with van der Waals surface area (Å²) in [5, 5.41) is 10.3. The van der Waals surface area contributed by atoms with Gasteiger partial charge in [-0.1, -0.05) is 42.5 Å². The Balaban J connectivity index is 1.36. The van der Waals surface area contributed by atoms with E-state index in [9.17, 15) is 5.11 Å². The van der Waals surface area contributed by atoms with Crippen molar-refractivity contribution in [2.45, 2.75) is 39.5 Å². The zero-order chi connectivity index (χ0) is 20.3. The van der Waals surface area contributed by atoms with E-state index in [2.05, 4.69) is 78.2 Å².